The molecule has 5 heteroatoms. The van der Waals surface area contributed by atoms with Crippen molar-refractivity contribution >= 4 is 0 Å². The third-order valence-electron chi connectivity index (χ3n) is 1.83. The molecule has 0 saturated carbocycles. The van der Waals surface area contributed by atoms with Gasteiger partial charge in [-0.25, -0.2) is 14.1 Å². The van der Waals surface area contributed by atoms with Gasteiger partial charge in [0, 0.05) is 0 Å². The lowest BCUT2D eigenvalue weighted by Gasteiger charge is -2.02. The van der Waals surface area contributed by atoms with E-state index in [-0.39, 0.29) is 12.4 Å². The molecule has 0 fully saturated rings. The van der Waals surface area contributed by atoms with Crippen molar-refractivity contribution in [1.82, 2.24) is 14.8 Å². The van der Waals surface area contributed by atoms with Gasteiger partial charge >= 0.3 is 0 Å². The molecule has 0 saturated heterocycles. The monoisotopic (exact) mass is 193 g/mol. The summed E-state index contributed by atoms with van der Waals surface area (Å²) in [4.78, 5) is 3.84. The van der Waals surface area contributed by atoms with E-state index >= 15 is 0 Å². The Morgan fingerprint density at radius 1 is 1.29 bits per heavy atom. The van der Waals surface area contributed by atoms with Crippen molar-refractivity contribution in [1.29, 1.82) is 0 Å². The first kappa shape index (κ1) is 8.83. The Balaban J connectivity index is 2.44. The van der Waals surface area contributed by atoms with Gasteiger partial charge in [0.1, 0.15) is 18.8 Å². The van der Waals surface area contributed by atoms with Crippen LogP contribution < -0.4 is 0 Å². The zero-order valence-corrected chi connectivity index (χ0v) is 7.26. The topological polar surface area (TPSA) is 50.9 Å². The summed E-state index contributed by atoms with van der Waals surface area (Å²) >= 11 is 0. The minimum absolute atomic E-state index is 0.197. The number of hydrogen-bond acceptors (Lipinski definition) is 3. The summed E-state index contributed by atoms with van der Waals surface area (Å²) in [5.41, 5.74) is 0.674. The summed E-state index contributed by atoms with van der Waals surface area (Å²) in [6.45, 7) is -0.197. The van der Waals surface area contributed by atoms with E-state index in [9.17, 15) is 4.39 Å². The smallest absolute Gasteiger partial charge is 0.157 e. The Kier molecular flexibility index (Phi) is 2.24. The molecule has 72 valence electrons. The quantitative estimate of drug-likeness (QED) is 0.770. The van der Waals surface area contributed by atoms with Crippen LogP contribution >= 0.6 is 0 Å². The predicted molar refractivity (Wildman–Crippen MR) is 47.2 cm³/mol. The minimum atomic E-state index is -0.306. The van der Waals surface area contributed by atoms with E-state index < -0.39 is 0 Å². The molecule has 0 radical (unpaired) electrons. The van der Waals surface area contributed by atoms with Gasteiger partial charge in [0.2, 0.25) is 0 Å². The molecule has 14 heavy (non-hydrogen) atoms. The molecule has 1 heterocycles. The molecule has 0 aliphatic rings. The van der Waals surface area contributed by atoms with E-state index in [1.54, 1.807) is 12.1 Å². The van der Waals surface area contributed by atoms with Crippen LogP contribution in [0.15, 0.2) is 30.6 Å². The molecule has 1 aromatic carbocycles. The SMILES string of the molecule is OCc1ncnn1-c1ccc(F)cc1. The molecule has 0 atom stereocenters. The molecule has 0 spiro atoms. The van der Waals surface area contributed by atoms with Crippen LogP contribution in [0.25, 0.3) is 5.69 Å². The van der Waals surface area contributed by atoms with Crippen molar-refractivity contribution in [2.45, 2.75) is 6.61 Å². The van der Waals surface area contributed by atoms with Gasteiger partial charge in [-0.05, 0) is 24.3 Å². The lowest BCUT2D eigenvalue weighted by Crippen LogP contribution is -2.02. The summed E-state index contributed by atoms with van der Waals surface area (Å²) in [5.74, 6) is 0.121. The zero-order chi connectivity index (χ0) is 9.97. The summed E-state index contributed by atoms with van der Waals surface area (Å²) in [7, 11) is 0. The van der Waals surface area contributed by atoms with Gasteiger partial charge in [0.15, 0.2) is 5.82 Å². The first-order chi connectivity index (χ1) is 6.81. The Morgan fingerprint density at radius 2 is 2.00 bits per heavy atom. The molecule has 0 aliphatic carbocycles. The van der Waals surface area contributed by atoms with Crippen molar-refractivity contribution in [2.75, 3.05) is 0 Å². The van der Waals surface area contributed by atoms with Crippen molar-refractivity contribution < 1.29 is 9.50 Å². The van der Waals surface area contributed by atoms with Gasteiger partial charge in [-0.2, -0.15) is 5.10 Å². The number of aromatic nitrogens is 3. The molecule has 2 aromatic rings. The van der Waals surface area contributed by atoms with Crippen LogP contribution in [0.4, 0.5) is 4.39 Å². The van der Waals surface area contributed by atoms with Gasteiger partial charge in [-0.15, -0.1) is 0 Å². The molecular formula is C9H8FN3O. The number of rotatable bonds is 2. The third-order valence-corrected chi connectivity index (χ3v) is 1.83. The molecular weight excluding hydrogens is 185 g/mol. The first-order valence-corrected chi connectivity index (χ1v) is 4.07. The average Bonchev–Trinajstić information content (AvgIpc) is 2.67. The Hall–Kier alpha value is -1.75. The van der Waals surface area contributed by atoms with Crippen LogP contribution in [0.5, 0.6) is 0 Å². The van der Waals surface area contributed by atoms with Crippen LogP contribution in [0.3, 0.4) is 0 Å². The molecule has 1 aromatic heterocycles. The summed E-state index contributed by atoms with van der Waals surface area (Å²) in [6.07, 6.45) is 1.34. The Bertz CT molecular complexity index is 424. The fourth-order valence-corrected chi connectivity index (χ4v) is 1.17. The second kappa shape index (κ2) is 3.55. The summed E-state index contributed by atoms with van der Waals surface area (Å²) < 4.78 is 14.1. The lowest BCUT2D eigenvalue weighted by molar-refractivity contribution is 0.268. The highest BCUT2D eigenvalue weighted by molar-refractivity contribution is 5.31. The van der Waals surface area contributed by atoms with Crippen LogP contribution in [0, 0.1) is 5.82 Å². The zero-order valence-electron chi connectivity index (χ0n) is 7.26. The van der Waals surface area contributed by atoms with Crippen molar-refractivity contribution in [2.24, 2.45) is 0 Å². The number of hydrogen-bond donors (Lipinski definition) is 1. The van der Waals surface area contributed by atoms with Crippen LogP contribution in [0.1, 0.15) is 5.82 Å². The number of halogens is 1. The second-order valence-electron chi connectivity index (χ2n) is 2.72. The van der Waals surface area contributed by atoms with Crippen molar-refractivity contribution in [3.63, 3.8) is 0 Å². The standard InChI is InChI=1S/C9H8FN3O/c10-7-1-3-8(4-2-7)13-9(5-14)11-6-12-13/h1-4,6,14H,5H2. The van der Waals surface area contributed by atoms with Crippen LogP contribution in [0.2, 0.25) is 0 Å². The fraction of sp³-hybridized carbons (Fsp3) is 0.111. The maximum atomic E-state index is 12.6. The fourth-order valence-electron chi connectivity index (χ4n) is 1.17. The van der Waals surface area contributed by atoms with Crippen molar-refractivity contribution in [3.8, 4) is 5.69 Å². The van der Waals surface area contributed by atoms with E-state index in [0.29, 0.717) is 11.5 Å². The molecule has 0 aliphatic heterocycles. The Labute approximate surface area is 79.6 Å². The molecule has 4 nitrogen and oxygen atoms in total. The van der Waals surface area contributed by atoms with E-state index in [2.05, 4.69) is 10.1 Å². The second-order valence-corrected chi connectivity index (χ2v) is 2.72. The maximum Gasteiger partial charge on any atom is 0.157 e. The minimum Gasteiger partial charge on any atom is -0.388 e. The van der Waals surface area contributed by atoms with E-state index in [1.165, 1.54) is 23.1 Å². The van der Waals surface area contributed by atoms with Gasteiger partial charge in [-0.3, -0.25) is 0 Å². The molecule has 1 N–H and O–H groups in total. The molecule has 0 bridgehead atoms. The van der Waals surface area contributed by atoms with Gasteiger partial charge < -0.3 is 5.11 Å². The number of nitrogens with zero attached hydrogens (tertiary/aromatic N) is 3. The predicted octanol–water partition coefficient (Wildman–Crippen LogP) is 0.899. The van der Waals surface area contributed by atoms with Crippen LogP contribution in [-0.2, 0) is 6.61 Å². The highest BCUT2D eigenvalue weighted by Gasteiger charge is 2.04. The highest BCUT2D eigenvalue weighted by Crippen LogP contribution is 2.09. The third kappa shape index (κ3) is 1.49. The summed E-state index contributed by atoms with van der Waals surface area (Å²) in [6, 6.07) is 5.81. The molecule has 0 unspecified atom stereocenters. The average molecular weight is 193 g/mol. The maximum absolute atomic E-state index is 12.6. The normalized spacial score (nSPS) is 10.4. The van der Waals surface area contributed by atoms with E-state index in [1.807, 2.05) is 0 Å². The Morgan fingerprint density at radius 3 is 2.64 bits per heavy atom. The van der Waals surface area contributed by atoms with Gasteiger partial charge in [-0.1, -0.05) is 0 Å². The summed E-state index contributed by atoms with van der Waals surface area (Å²) in [5, 5.41) is 12.8. The number of aliphatic hydroxyl groups is 1. The van der Waals surface area contributed by atoms with Gasteiger partial charge in [0.25, 0.3) is 0 Å². The molecule has 2 rings (SSSR count). The van der Waals surface area contributed by atoms with E-state index in [0.717, 1.165) is 0 Å². The molecule has 0 amide bonds. The number of benzene rings is 1. The largest absolute Gasteiger partial charge is 0.388 e. The first-order valence-electron chi connectivity index (χ1n) is 4.07. The van der Waals surface area contributed by atoms with Crippen LogP contribution in [-0.4, -0.2) is 19.9 Å². The van der Waals surface area contributed by atoms with Crippen molar-refractivity contribution in [3.05, 3.63) is 42.2 Å². The number of aliphatic hydroxyl groups excluding tert-OH is 1. The lowest BCUT2D eigenvalue weighted by atomic mass is 10.3. The highest BCUT2D eigenvalue weighted by atomic mass is 19.1. The van der Waals surface area contributed by atoms with Gasteiger partial charge in [0.05, 0.1) is 5.69 Å². The van der Waals surface area contributed by atoms with E-state index in [4.69, 9.17) is 5.11 Å².